The molecule has 8 heteroatoms. The van der Waals surface area contributed by atoms with E-state index >= 15 is 0 Å². The molecule has 0 amide bonds. The topological polar surface area (TPSA) is 86.7 Å². The first-order valence-corrected chi connectivity index (χ1v) is 15.4. The third-order valence-electron chi connectivity index (χ3n) is 6.73. The van der Waals surface area contributed by atoms with Gasteiger partial charge in [0.05, 0.1) is 12.8 Å². The summed E-state index contributed by atoms with van der Waals surface area (Å²) in [6.45, 7) is -0.560. The molecule has 0 saturated heterocycles. The number of aryl methyl sites for hydroxylation is 2. The first-order valence-electron chi connectivity index (χ1n) is 13.8. The maximum absolute atomic E-state index is 12.2. The highest BCUT2D eigenvalue weighted by molar-refractivity contribution is 9.10. The molecule has 0 aromatic heterocycles. The summed E-state index contributed by atoms with van der Waals surface area (Å²) < 4.78 is 12.1. The molecular formula is C35H30Br2O6. The second kappa shape index (κ2) is 16.1. The average Bonchev–Trinajstić information content (AvgIpc) is 3.01. The van der Waals surface area contributed by atoms with Crippen molar-refractivity contribution >= 4 is 55.4 Å². The van der Waals surface area contributed by atoms with Crippen molar-refractivity contribution < 1.29 is 28.7 Å². The number of rotatable bonds is 14. The SMILES string of the molecule is O=C(Cc1ccc(CCCc2ccc(CC(=O)OCC(=O)c3ccc(Br)cc3)cc2)cc1)OCC(=O)c1ccc(Br)cc1. The lowest BCUT2D eigenvalue weighted by Crippen LogP contribution is -2.15. The maximum atomic E-state index is 12.2. The van der Waals surface area contributed by atoms with Crippen molar-refractivity contribution in [1.29, 1.82) is 0 Å². The minimum atomic E-state index is -0.441. The molecule has 0 atom stereocenters. The van der Waals surface area contributed by atoms with Gasteiger partial charge in [-0.15, -0.1) is 0 Å². The van der Waals surface area contributed by atoms with E-state index in [2.05, 4.69) is 31.9 Å². The third-order valence-corrected chi connectivity index (χ3v) is 7.79. The van der Waals surface area contributed by atoms with Crippen LogP contribution in [0.15, 0.2) is 106 Å². The predicted molar refractivity (Wildman–Crippen MR) is 171 cm³/mol. The molecule has 0 bridgehead atoms. The van der Waals surface area contributed by atoms with Crippen molar-refractivity contribution in [2.75, 3.05) is 13.2 Å². The minimum absolute atomic E-state index is 0.106. The van der Waals surface area contributed by atoms with Crippen molar-refractivity contribution in [3.63, 3.8) is 0 Å². The van der Waals surface area contributed by atoms with Gasteiger partial charge in [0.2, 0.25) is 0 Å². The van der Waals surface area contributed by atoms with Gasteiger partial charge in [-0.05, 0) is 65.8 Å². The van der Waals surface area contributed by atoms with E-state index in [1.165, 1.54) is 11.1 Å². The standard InChI is InChI=1S/C35H30Br2O6/c36-30-16-12-28(13-17-30)32(38)22-42-34(40)20-26-8-4-24(5-9-26)2-1-3-25-6-10-27(11-7-25)21-35(41)43-23-33(39)29-14-18-31(37)19-15-29/h4-19H,1-3,20-23H2. The summed E-state index contributed by atoms with van der Waals surface area (Å²) in [4.78, 5) is 48.8. The van der Waals surface area contributed by atoms with Gasteiger partial charge in [0, 0.05) is 20.1 Å². The molecule has 0 N–H and O–H groups in total. The zero-order valence-corrected chi connectivity index (χ0v) is 26.6. The molecule has 4 rings (SSSR count). The monoisotopic (exact) mass is 704 g/mol. The minimum Gasteiger partial charge on any atom is -0.457 e. The summed E-state index contributed by atoms with van der Waals surface area (Å²) >= 11 is 6.65. The van der Waals surface area contributed by atoms with Gasteiger partial charge in [-0.3, -0.25) is 19.2 Å². The molecule has 0 radical (unpaired) electrons. The van der Waals surface area contributed by atoms with E-state index in [4.69, 9.17) is 9.47 Å². The molecule has 4 aromatic carbocycles. The van der Waals surface area contributed by atoms with Crippen molar-refractivity contribution in [3.05, 3.63) is 139 Å². The summed E-state index contributed by atoms with van der Waals surface area (Å²) in [5, 5.41) is 0. The second-order valence-electron chi connectivity index (χ2n) is 10.0. The van der Waals surface area contributed by atoms with E-state index in [-0.39, 0.29) is 37.6 Å². The lowest BCUT2D eigenvalue weighted by Gasteiger charge is -2.07. The van der Waals surface area contributed by atoms with Crippen molar-refractivity contribution in [3.8, 4) is 0 Å². The van der Waals surface area contributed by atoms with E-state index in [1.807, 2.05) is 48.5 Å². The Morgan fingerprint density at radius 3 is 1.14 bits per heavy atom. The van der Waals surface area contributed by atoms with Crippen LogP contribution in [0.25, 0.3) is 0 Å². The molecule has 0 unspecified atom stereocenters. The molecular weight excluding hydrogens is 676 g/mol. The molecule has 4 aromatic rings. The molecule has 0 fully saturated rings. The summed E-state index contributed by atoms with van der Waals surface area (Å²) in [6, 6.07) is 29.5. The van der Waals surface area contributed by atoms with Crippen LogP contribution in [0.4, 0.5) is 0 Å². The number of ether oxygens (including phenoxy) is 2. The molecule has 0 aliphatic heterocycles. The fraction of sp³-hybridized carbons (Fsp3) is 0.200. The number of Topliss-reactive ketones (excluding diaryl/α,β-unsaturated/α-hetero) is 2. The van der Waals surface area contributed by atoms with Gasteiger partial charge in [0.15, 0.2) is 24.8 Å². The van der Waals surface area contributed by atoms with E-state index < -0.39 is 11.9 Å². The number of hydrogen-bond acceptors (Lipinski definition) is 6. The molecule has 0 heterocycles. The molecule has 0 spiro atoms. The zero-order valence-electron chi connectivity index (χ0n) is 23.4. The number of carbonyl (C=O) groups is 4. The Labute approximate surface area is 267 Å². The number of halogens is 2. The number of esters is 2. The van der Waals surface area contributed by atoms with Gasteiger partial charge >= 0.3 is 11.9 Å². The Bertz CT molecular complexity index is 1430. The Hall–Kier alpha value is -3.88. The van der Waals surface area contributed by atoms with Crippen LogP contribution in [0.3, 0.4) is 0 Å². The lowest BCUT2D eigenvalue weighted by molar-refractivity contribution is -0.142. The molecule has 0 saturated carbocycles. The predicted octanol–water partition coefficient (Wildman–Crippen LogP) is 7.32. The molecule has 43 heavy (non-hydrogen) atoms. The van der Waals surface area contributed by atoms with Crippen LogP contribution >= 0.6 is 31.9 Å². The van der Waals surface area contributed by atoms with Crippen LogP contribution in [0.2, 0.25) is 0 Å². The molecule has 220 valence electrons. The summed E-state index contributed by atoms with van der Waals surface area (Å²) in [7, 11) is 0. The third kappa shape index (κ3) is 10.7. The van der Waals surface area contributed by atoms with Crippen LogP contribution in [-0.4, -0.2) is 36.7 Å². The number of carbonyl (C=O) groups excluding carboxylic acids is 4. The highest BCUT2D eigenvalue weighted by atomic mass is 79.9. The maximum Gasteiger partial charge on any atom is 0.310 e. The smallest absolute Gasteiger partial charge is 0.310 e. The van der Waals surface area contributed by atoms with Crippen LogP contribution in [0, 0.1) is 0 Å². The second-order valence-corrected chi connectivity index (χ2v) is 11.9. The number of hydrogen-bond donors (Lipinski definition) is 0. The van der Waals surface area contributed by atoms with Crippen molar-refractivity contribution in [2.24, 2.45) is 0 Å². The van der Waals surface area contributed by atoms with E-state index in [0.717, 1.165) is 39.3 Å². The zero-order chi connectivity index (χ0) is 30.6. The summed E-state index contributed by atoms with van der Waals surface area (Å²) in [5.74, 6) is -1.36. The summed E-state index contributed by atoms with van der Waals surface area (Å²) in [6.07, 6.45) is 2.92. The van der Waals surface area contributed by atoms with E-state index in [9.17, 15) is 19.2 Å². The van der Waals surface area contributed by atoms with E-state index in [0.29, 0.717) is 11.1 Å². The van der Waals surface area contributed by atoms with Gasteiger partial charge in [0.25, 0.3) is 0 Å². The summed E-state index contributed by atoms with van der Waals surface area (Å²) in [5.41, 5.74) is 4.99. The Balaban J connectivity index is 1.13. The van der Waals surface area contributed by atoms with Gasteiger partial charge < -0.3 is 9.47 Å². The largest absolute Gasteiger partial charge is 0.457 e. The first kappa shape index (κ1) is 32.0. The van der Waals surface area contributed by atoms with Gasteiger partial charge in [-0.1, -0.05) is 105 Å². The van der Waals surface area contributed by atoms with Crippen molar-refractivity contribution in [2.45, 2.75) is 32.1 Å². The highest BCUT2D eigenvalue weighted by Crippen LogP contribution is 2.15. The van der Waals surface area contributed by atoms with Gasteiger partial charge in [-0.25, -0.2) is 0 Å². The van der Waals surface area contributed by atoms with Crippen LogP contribution in [-0.2, 0) is 44.7 Å². The lowest BCUT2D eigenvalue weighted by atomic mass is 10.0. The van der Waals surface area contributed by atoms with Crippen LogP contribution in [0.1, 0.15) is 49.4 Å². The van der Waals surface area contributed by atoms with Gasteiger partial charge in [-0.2, -0.15) is 0 Å². The first-order chi connectivity index (χ1) is 20.7. The number of ketones is 2. The van der Waals surface area contributed by atoms with Crippen molar-refractivity contribution in [1.82, 2.24) is 0 Å². The number of benzene rings is 4. The average molecular weight is 706 g/mol. The Morgan fingerprint density at radius 2 is 0.791 bits per heavy atom. The van der Waals surface area contributed by atoms with Crippen LogP contribution < -0.4 is 0 Å². The fourth-order valence-electron chi connectivity index (χ4n) is 4.31. The molecule has 0 aliphatic rings. The van der Waals surface area contributed by atoms with Crippen LogP contribution in [0.5, 0.6) is 0 Å². The Kier molecular flexibility index (Phi) is 12.0. The Morgan fingerprint density at radius 1 is 0.465 bits per heavy atom. The molecule has 0 aliphatic carbocycles. The quantitative estimate of drug-likeness (QED) is 0.101. The van der Waals surface area contributed by atoms with E-state index in [1.54, 1.807) is 48.5 Å². The normalized spacial score (nSPS) is 10.7. The fourth-order valence-corrected chi connectivity index (χ4v) is 4.84. The molecule has 6 nitrogen and oxygen atoms in total. The highest BCUT2D eigenvalue weighted by Gasteiger charge is 2.12. The van der Waals surface area contributed by atoms with Gasteiger partial charge in [0.1, 0.15) is 0 Å².